The Kier molecular flexibility index (Phi) is 10.8. The van der Waals surface area contributed by atoms with Crippen molar-refractivity contribution in [2.45, 2.75) is 90.9 Å². The van der Waals surface area contributed by atoms with E-state index in [4.69, 9.17) is 0 Å². The number of para-hydroxylation sites is 2. The molecular formula is C66H63N. The van der Waals surface area contributed by atoms with Gasteiger partial charge in [-0.15, -0.1) is 0 Å². The molecule has 10 rings (SSSR count). The number of benzene rings is 9. The molecule has 67 heavy (non-hydrogen) atoms. The molecule has 0 amide bonds. The molecule has 0 fully saturated rings. The van der Waals surface area contributed by atoms with E-state index in [-0.39, 0.29) is 21.7 Å². The lowest BCUT2D eigenvalue weighted by atomic mass is 9.74. The lowest BCUT2D eigenvalue weighted by Crippen LogP contribution is -2.22. The number of rotatable bonds is 7. The van der Waals surface area contributed by atoms with E-state index in [1.54, 1.807) is 0 Å². The molecule has 1 unspecified atom stereocenters. The first-order valence-electron chi connectivity index (χ1n) is 24.1. The maximum Gasteiger partial charge on any atom is 0.0540 e. The van der Waals surface area contributed by atoms with Crippen LogP contribution in [0.15, 0.2) is 200 Å². The molecule has 1 heteroatoms. The first-order valence-corrected chi connectivity index (χ1v) is 24.1. The summed E-state index contributed by atoms with van der Waals surface area (Å²) in [5.74, 6) is 0. The fraction of sp³-hybridized carbons (Fsp3) is 0.212. The summed E-state index contributed by atoms with van der Waals surface area (Å²) in [5, 5.41) is 2.49. The third-order valence-corrected chi connectivity index (χ3v) is 14.4. The minimum Gasteiger partial charge on any atom is -0.309 e. The fourth-order valence-electron chi connectivity index (χ4n) is 10.6. The van der Waals surface area contributed by atoms with Crippen LogP contribution in [0.25, 0.3) is 55.3 Å². The molecule has 0 spiro atoms. The Balaban J connectivity index is 1.23. The van der Waals surface area contributed by atoms with Gasteiger partial charge in [0.1, 0.15) is 0 Å². The average Bonchev–Trinajstić information content (AvgIpc) is 3.60. The zero-order valence-corrected chi connectivity index (χ0v) is 41.0. The van der Waals surface area contributed by atoms with Crippen LogP contribution in [0.2, 0.25) is 0 Å². The molecule has 0 aromatic heterocycles. The predicted molar refractivity (Wildman–Crippen MR) is 288 cm³/mol. The first kappa shape index (κ1) is 43.9. The Morgan fingerprint density at radius 2 is 0.821 bits per heavy atom. The summed E-state index contributed by atoms with van der Waals surface area (Å²) in [6.45, 7) is 23.3. The lowest BCUT2D eigenvalue weighted by Gasteiger charge is -2.31. The second-order valence-corrected chi connectivity index (χ2v) is 21.9. The minimum atomic E-state index is -0.306. The van der Waals surface area contributed by atoms with Crippen LogP contribution in [0.5, 0.6) is 0 Å². The molecule has 1 atom stereocenters. The van der Waals surface area contributed by atoms with Crippen LogP contribution in [0, 0.1) is 0 Å². The molecule has 0 N–H and O–H groups in total. The number of anilines is 3. The summed E-state index contributed by atoms with van der Waals surface area (Å²) in [7, 11) is 0. The molecular weight excluding hydrogens is 807 g/mol. The van der Waals surface area contributed by atoms with Gasteiger partial charge in [0.05, 0.1) is 11.4 Å². The highest BCUT2D eigenvalue weighted by atomic mass is 15.1. The molecule has 9 aromatic carbocycles. The van der Waals surface area contributed by atoms with E-state index in [1.807, 2.05) is 0 Å². The molecule has 9 aromatic rings. The Morgan fingerprint density at radius 1 is 0.358 bits per heavy atom. The Labute approximate surface area is 399 Å². The highest BCUT2D eigenvalue weighted by Crippen LogP contribution is 2.57. The van der Waals surface area contributed by atoms with E-state index in [9.17, 15) is 0 Å². The fourth-order valence-corrected chi connectivity index (χ4v) is 10.6. The predicted octanol–water partition coefficient (Wildman–Crippen LogP) is 18.5. The Bertz CT molecular complexity index is 3260. The third kappa shape index (κ3) is 7.69. The normalized spacial score (nSPS) is 14.8. The molecule has 0 saturated carbocycles. The largest absolute Gasteiger partial charge is 0.309 e. The van der Waals surface area contributed by atoms with Gasteiger partial charge in [0, 0.05) is 22.2 Å². The van der Waals surface area contributed by atoms with Crippen molar-refractivity contribution in [2.75, 3.05) is 4.90 Å². The molecule has 0 bridgehead atoms. The van der Waals surface area contributed by atoms with Gasteiger partial charge < -0.3 is 4.90 Å². The monoisotopic (exact) mass is 869 g/mol. The summed E-state index contributed by atoms with van der Waals surface area (Å²) < 4.78 is 0. The van der Waals surface area contributed by atoms with Gasteiger partial charge in [0.15, 0.2) is 0 Å². The van der Waals surface area contributed by atoms with Gasteiger partial charge in [0.25, 0.3) is 0 Å². The molecule has 0 heterocycles. The molecule has 1 aliphatic carbocycles. The van der Waals surface area contributed by atoms with Gasteiger partial charge in [-0.25, -0.2) is 0 Å². The van der Waals surface area contributed by atoms with Crippen molar-refractivity contribution in [2.24, 2.45) is 0 Å². The van der Waals surface area contributed by atoms with E-state index >= 15 is 0 Å². The molecule has 0 radical (unpaired) electrons. The van der Waals surface area contributed by atoms with Crippen LogP contribution >= 0.6 is 0 Å². The van der Waals surface area contributed by atoms with Gasteiger partial charge in [-0.1, -0.05) is 238 Å². The summed E-state index contributed by atoms with van der Waals surface area (Å²) >= 11 is 0. The standard InChI is InChI=1S/C66H63N/c1-63(2,3)46-37-39-50(40-38-46)67(60-36-19-16-28-53(60)55-32-22-34-58-62(55)56-29-14-17-33-57(56)66(58,10)47-25-12-11-13-26-47)59-35-18-15-27-52(59)54-31-21-24-44-23-20-30-51(61(44)54)45-41-48(64(4,5)6)43-49(42-45)65(7,8)9/h11-43H,1-10H3. The summed E-state index contributed by atoms with van der Waals surface area (Å²) in [6, 6.07) is 75.4. The SMILES string of the molecule is CC(C)(C)c1ccc(N(c2ccccc2-c2cccc3c2-c2ccccc2C3(C)c2ccccc2)c2ccccc2-c2cccc3cccc(-c4cc(C(C)(C)C)cc(C(C)(C)C)c4)c23)cc1. The van der Waals surface area contributed by atoms with Gasteiger partial charge >= 0.3 is 0 Å². The maximum absolute atomic E-state index is 2.52. The van der Waals surface area contributed by atoms with Crippen LogP contribution in [-0.4, -0.2) is 0 Å². The van der Waals surface area contributed by atoms with Crippen LogP contribution in [0.1, 0.15) is 103 Å². The van der Waals surface area contributed by atoms with Crippen molar-refractivity contribution in [3.05, 3.63) is 234 Å². The molecule has 1 nitrogen and oxygen atoms in total. The van der Waals surface area contributed by atoms with Crippen molar-refractivity contribution < 1.29 is 0 Å². The van der Waals surface area contributed by atoms with Crippen molar-refractivity contribution in [1.82, 2.24) is 0 Å². The Hall–Kier alpha value is -6.96. The summed E-state index contributed by atoms with van der Waals surface area (Å²) in [6.07, 6.45) is 0. The average molecular weight is 870 g/mol. The number of nitrogens with zero attached hydrogens (tertiary/aromatic N) is 1. The number of hydrogen-bond donors (Lipinski definition) is 0. The molecule has 1 aliphatic rings. The summed E-state index contributed by atoms with van der Waals surface area (Å²) in [5.41, 5.74) is 21.0. The van der Waals surface area contributed by atoms with E-state index < -0.39 is 0 Å². The maximum atomic E-state index is 2.52. The minimum absolute atomic E-state index is 0.00637. The highest BCUT2D eigenvalue weighted by Gasteiger charge is 2.42. The van der Waals surface area contributed by atoms with Gasteiger partial charge in [-0.3, -0.25) is 0 Å². The van der Waals surface area contributed by atoms with Crippen molar-refractivity contribution in [3.8, 4) is 44.5 Å². The van der Waals surface area contributed by atoms with Crippen LogP contribution in [0.4, 0.5) is 17.1 Å². The smallest absolute Gasteiger partial charge is 0.0540 e. The van der Waals surface area contributed by atoms with Crippen LogP contribution in [-0.2, 0) is 21.7 Å². The summed E-state index contributed by atoms with van der Waals surface area (Å²) in [4.78, 5) is 2.52. The lowest BCUT2D eigenvalue weighted by molar-refractivity contribution is 0.569. The zero-order chi connectivity index (χ0) is 46.9. The van der Waals surface area contributed by atoms with Gasteiger partial charge in [0.2, 0.25) is 0 Å². The molecule has 332 valence electrons. The highest BCUT2D eigenvalue weighted by molar-refractivity contribution is 6.09. The van der Waals surface area contributed by atoms with Gasteiger partial charge in [-0.05, 0) is 125 Å². The second-order valence-electron chi connectivity index (χ2n) is 21.9. The van der Waals surface area contributed by atoms with Crippen LogP contribution in [0.3, 0.4) is 0 Å². The third-order valence-electron chi connectivity index (χ3n) is 14.4. The molecule has 0 saturated heterocycles. The number of fused-ring (bicyclic) bond motifs is 4. The zero-order valence-electron chi connectivity index (χ0n) is 41.0. The molecule has 0 aliphatic heterocycles. The van der Waals surface area contributed by atoms with Crippen LogP contribution < -0.4 is 4.90 Å². The quantitative estimate of drug-likeness (QED) is 0.154. The van der Waals surface area contributed by atoms with E-state index in [0.717, 1.165) is 17.1 Å². The van der Waals surface area contributed by atoms with E-state index in [2.05, 4.69) is 274 Å². The second kappa shape index (κ2) is 16.4. The van der Waals surface area contributed by atoms with Crippen molar-refractivity contribution in [1.29, 1.82) is 0 Å². The Morgan fingerprint density at radius 3 is 1.42 bits per heavy atom. The van der Waals surface area contributed by atoms with Gasteiger partial charge in [-0.2, -0.15) is 0 Å². The van der Waals surface area contributed by atoms with Crippen molar-refractivity contribution >= 4 is 27.8 Å². The van der Waals surface area contributed by atoms with E-state index in [1.165, 1.54) is 88.7 Å². The number of hydrogen-bond acceptors (Lipinski definition) is 1. The first-order chi connectivity index (χ1) is 32.0. The van der Waals surface area contributed by atoms with Crippen molar-refractivity contribution in [3.63, 3.8) is 0 Å². The van der Waals surface area contributed by atoms with E-state index in [0.29, 0.717) is 0 Å². The topological polar surface area (TPSA) is 3.24 Å².